The summed E-state index contributed by atoms with van der Waals surface area (Å²) in [6.07, 6.45) is 3.53. The molecule has 0 fully saturated rings. The summed E-state index contributed by atoms with van der Waals surface area (Å²) in [6.45, 7) is 0. The maximum atomic E-state index is 4.96. The van der Waals surface area contributed by atoms with Crippen molar-refractivity contribution in [1.29, 1.82) is 0 Å². The van der Waals surface area contributed by atoms with E-state index in [1.54, 1.807) is 12.4 Å². The molecule has 0 aliphatic heterocycles. The lowest BCUT2D eigenvalue weighted by molar-refractivity contribution is 1.05. The van der Waals surface area contributed by atoms with Gasteiger partial charge in [0.25, 0.3) is 0 Å². The molecule has 246 valence electrons. The molecule has 3 aromatic carbocycles. The first-order valence-electron chi connectivity index (χ1n) is 16.7. The maximum Gasteiger partial charge on any atom is 0.187 e. The van der Waals surface area contributed by atoms with Gasteiger partial charge in [-0.3, -0.25) is 19.1 Å². The molecule has 0 aliphatic carbocycles. The summed E-state index contributed by atoms with van der Waals surface area (Å²) in [6, 6.07) is 51.5. The third-order valence-electron chi connectivity index (χ3n) is 8.54. The fourth-order valence-electron chi connectivity index (χ4n) is 6.15. The highest BCUT2D eigenvalue weighted by molar-refractivity contribution is 5.73. The summed E-state index contributed by atoms with van der Waals surface area (Å²) < 4.78 is 4.06. The molecule has 6 heterocycles. The van der Waals surface area contributed by atoms with Gasteiger partial charge >= 0.3 is 0 Å². The Hall–Kier alpha value is -7.46. The molecule has 0 spiro atoms. The molecule has 52 heavy (non-hydrogen) atoms. The van der Waals surface area contributed by atoms with Crippen LogP contribution in [0.1, 0.15) is 0 Å². The largest absolute Gasteiger partial charge is 0.274 e. The third kappa shape index (κ3) is 5.80. The van der Waals surface area contributed by atoms with Crippen LogP contribution in [0.3, 0.4) is 0 Å². The molecule has 0 unspecified atom stereocenters. The van der Waals surface area contributed by atoms with Crippen LogP contribution in [0.4, 0.5) is 0 Å². The third-order valence-corrected chi connectivity index (χ3v) is 8.54. The van der Waals surface area contributed by atoms with Crippen molar-refractivity contribution in [2.75, 3.05) is 0 Å². The normalized spacial score (nSPS) is 11.1. The number of hydrogen-bond acceptors (Lipinski definition) is 8. The molecule has 0 radical (unpaired) electrons. The average molecular weight is 673 g/mol. The van der Waals surface area contributed by atoms with E-state index in [1.165, 1.54) is 0 Å². The van der Waals surface area contributed by atoms with E-state index in [0.29, 0.717) is 34.7 Å². The highest BCUT2D eigenvalue weighted by Crippen LogP contribution is 2.33. The van der Waals surface area contributed by atoms with Gasteiger partial charge in [-0.15, -0.1) is 20.4 Å². The molecule has 6 aromatic heterocycles. The summed E-state index contributed by atoms with van der Waals surface area (Å²) in [4.78, 5) is 18.9. The average Bonchev–Trinajstić information content (AvgIpc) is 3.89. The predicted molar refractivity (Wildman–Crippen MR) is 200 cm³/mol. The molecule has 9 rings (SSSR count). The summed E-state index contributed by atoms with van der Waals surface area (Å²) in [5.74, 6) is 2.53. The van der Waals surface area contributed by atoms with Crippen LogP contribution < -0.4 is 0 Å². The van der Waals surface area contributed by atoms with Crippen LogP contribution in [0.15, 0.2) is 170 Å². The van der Waals surface area contributed by atoms with Gasteiger partial charge in [-0.25, -0.2) is 9.97 Å². The van der Waals surface area contributed by atoms with Gasteiger partial charge in [0.05, 0.1) is 22.8 Å². The lowest BCUT2D eigenvalue weighted by Crippen LogP contribution is -2.03. The second-order valence-electron chi connectivity index (χ2n) is 11.9. The number of para-hydroxylation sites is 2. The Morgan fingerprint density at radius 3 is 1.13 bits per heavy atom. The van der Waals surface area contributed by atoms with E-state index in [9.17, 15) is 0 Å². The van der Waals surface area contributed by atoms with Crippen LogP contribution in [-0.4, -0.2) is 49.5 Å². The van der Waals surface area contributed by atoms with Crippen molar-refractivity contribution >= 4 is 0 Å². The Labute approximate surface area is 298 Å². The second-order valence-corrected chi connectivity index (χ2v) is 11.9. The van der Waals surface area contributed by atoms with Crippen molar-refractivity contribution < 1.29 is 0 Å². The van der Waals surface area contributed by atoms with Crippen LogP contribution >= 0.6 is 0 Å². The van der Waals surface area contributed by atoms with E-state index in [0.717, 1.165) is 45.3 Å². The maximum absolute atomic E-state index is 4.96. The topological polar surface area (TPSA) is 113 Å². The molecule has 0 amide bonds. The number of aromatic nitrogens is 10. The van der Waals surface area contributed by atoms with Crippen LogP contribution in [0.25, 0.3) is 80.0 Å². The SMILES string of the molecule is c1ccc(-n2c(-c3cccc(-c4nnc(-c5cccc(-c6ccccn6)n5)n4-c4ccccc4)c3)nnc2-c2cccc(-c3ccccn3)n2)cc1. The van der Waals surface area contributed by atoms with Gasteiger partial charge in [0.15, 0.2) is 23.3 Å². The van der Waals surface area contributed by atoms with Gasteiger partial charge in [0.1, 0.15) is 11.4 Å². The minimum Gasteiger partial charge on any atom is -0.274 e. The first-order valence-corrected chi connectivity index (χ1v) is 16.7. The highest BCUT2D eigenvalue weighted by Gasteiger charge is 2.22. The summed E-state index contributed by atoms with van der Waals surface area (Å²) >= 11 is 0. The number of rotatable bonds is 8. The number of benzene rings is 3. The van der Waals surface area contributed by atoms with Crippen molar-refractivity contribution in [2.24, 2.45) is 0 Å². The molecule has 10 nitrogen and oxygen atoms in total. The fourth-order valence-corrected chi connectivity index (χ4v) is 6.15. The van der Waals surface area contributed by atoms with Crippen LogP contribution in [-0.2, 0) is 0 Å². The quantitative estimate of drug-likeness (QED) is 0.158. The van der Waals surface area contributed by atoms with Crippen molar-refractivity contribution in [3.05, 3.63) is 170 Å². The van der Waals surface area contributed by atoms with Crippen molar-refractivity contribution in [2.45, 2.75) is 0 Å². The van der Waals surface area contributed by atoms with Gasteiger partial charge in [-0.2, -0.15) is 0 Å². The lowest BCUT2D eigenvalue weighted by Gasteiger charge is -2.13. The fraction of sp³-hybridized carbons (Fsp3) is 0. The molecule has 0 N–H and O–H groups in total. The van der Waals surface area contributed by atoms with Gasteiger partial charge in [-0.05, 0) is 78.9 Å². The zero-order chi connectivity index (χ0) is 34.7. The standard InChI is InChI=1S/C42H28N10/c1-3-16-31(17-4-1)51-39(47-49-41(51)37-24-12-22-35(45-37)33-20-7-9-26-43-33)29-14-11-15-30(28-29)40-48-50-42(52(40)32-18-5-2-6-19-32)38-25-13-23-36(46-38)34-21-8-10-27-44-34/h1-28H. The second kappa shape index (κ2) is 13.4. The summed E-state index contributed by atoms with van der Waals surface area (Å²) in [5.41, 5.74) is 7.92. The van der Waals surface area contributed by atoms with Crippen LogP contribution in [0, 0.1) is 0 Å². The highest BCUT2D eigenvalue weighted by atomic mass is 15.3. The van der Waals surface area contributed by atoms with Crippen LogP contribution in [0.2, 0.25) is 0 Å². The zero-order valence-electron chi connectivity index (χ0n) is 27.6. The van der Waals surface area contributed by atoms with E-state index in [2.05, 4.69) is 16.0 Å². The Kier molecular flexibility index (Phi) is 7.91. The van der Waals surface area contributed by atoms with E-state index in [-0.39, 0.29) is 0 Å². The molecular formula is C42H28N10. The minimum absolute atomic E-state index is 0.609. The van der Waals surface area contributed by atoms with Crippen molar-refractivity contribution in [1.82, 2.24) is 49.5 Å². The molecule has 0 atom stereocenters. The molecule has 0 aliphatic rings. The number of nitrogens with zero attached hydrogens (tertiary/aromatic N) is 10. The van der Waals surface area contributed by atoms with E-state index in [1.807, 2.05) is 161 Å². The Morgan fingerprint density at radius 1 is 0.308 bits per heavy atom. The predicted octanol–water partition coefficient (Wildman–Crippen LogP) is 8.43. The Balaban J connectivity index is 1.17. The van der Waals surface area contributed by atoms with Gasteiger partial charge < -0.3 is 0 Å². The lowest BCUT2D eigenvalue weighted by atomic mass is 10.1. The van der Waals surface area contributed by atoms with Crippen molar-refractivity contribution in [3.8, 4) is 80.0 Å². The molecular weight excluding hydrogens is 645 g/mol. The van der Waals surface area contributed by atoms with E-state index in [4.69, 9.17) is 30.4 Å². The first kappa shape index (κ1) is 30.6. The van der Waals surface area contributed by atoms with Gasteiger partial charge in [0, 0.05) is 34.9 Å². The van der Waals surface area contributed by atoms with Crippen molar-refractivity contribution in [3.63, 3.8) is 0 Å². The molecule has 0 saturated heterocycles. The summed E-state index contributed by atoms with van der Waals surface area (Å²) in [7, 11) is 0. The molecule has 9 aromatic rings. The van der Waals surface area contributed by atoms with E-state index >= 15 is 0 Å². The monoisotopic (exact) mass is 672 g/mol. The van der Waals surface area contributed by atoms with Gasteiger partial charge in [-0.1, -0.05) is 78.9 Å². The van der Waals surface area contributed by atoms with Crippen LogP contribution in [0.5, 0.6) is 0 Å². The van der Waals surface area contributed by atoms with E-state index < -0.39 is 0 Å². The smallest absolute Gasteiger partial charge is 0.187 e. The molecule has 10 heteroatoms. The first-order chi connectivity index (χ1) is 25.8. The zero-order valence-corrected chi connectivity index (χ0v) is 27.6. The number of hydrogen-bond donors (Lipinski definition) is 0. The van der Waals surface area contributed by atoms with Gasteiger partial charge in [0.2, 0.25) is 0 Å². The molecule has 0 saturated carbocycles. The summed E-state index contributed by atoms with van der Waals surface area (Å²) in [5, 5.41) is 18.9. The molecule has 0 bridgehead atoms. The Bertz CT molecular complexity index is 2440. The number of pyridine rings is 4. The minimum atomic E-state index is 0.609. The Morgan fingerprint density at radius 2 is 0.692 bits per heavy atom.